The van der Waals surface area contributed by atoms with E-state index >= 15 is 0 Å². The van der Waals surface area contributed by atoms with Gasteiger partial charge in [0.05, 0.1) is 11.1 Å². The Labute approximate surface area is 216 Å². The van der Waals surface area contributed by atoms with Gasteiger partial charge < -0.3 is 20.1 Å². The SMILES string of the molecule is Cc1cccc(-c2csc(N3CC[C@@]4(C(=O)O)C[C@H]4C3)n2)c1OCc1ccc2c(c1C)CCNCC2. The summed E-state index contributed by atoms with van der Waals surface area (Å²) in [6, 6.07) is 10.7. The minimum absolute atomic E-state index is 0.244. The summed E-state index contributed by atoms with van der Waals surface area (Å²) in [6.07, 6.45) is 3.65. The van der Waals surface area contributed by atoms with Crippen LogP contribution in [-0.2, 0) is 24.2 Å². The average molecular weight is 504 g/mol. The van der Waals surface area contributed by atoms with Crippen LogP contribution < -0.4 is 15.0 Å². The smallest absolute Gasteiger partial charge is 0.310 e. The molecule has 2 N–H and O–H groups in total. The van der Waals surface area contributed by atoms with Gasteiger partial charge in [0.15, 0.2) is 5.13 Å². The van der Waals surface area contributed by atoms with E-state index in [1.807, 2.05) is 0 Å². The fourth-order valence-electron chi connectivity index (χ4n) is 6.05. The number of aliphatic carboxylic acids is 1. The maximum absolute atomic E-state index is 11.6. The minimum Gasteiger partial charge on any atom is -0.488 e. The van der Waals surface area contributed by atoms with E-state index in [-0.39, 0.29) is 5.92 Å². The molecule has 6 rings (SSSR count). The number of ether oxygens (including phenoxy) is 1. The van der Waals surface area contributed by atoms with E-state index in [4.69, 9.17) is 9.72 Å². The van der Waals surface area contributed by atoms with E-state index in [1.54, 1.807) is 11.3 Å². The van der Waals surface area contributed by atoms with Crippen molar-refractivity contribution in [1.29, 1.82) is 0 Å². The highest BCUT2D eigenvalue weighted by atomic mass is 32.1. The molecule has 1 aromatic heterocycles. The summed E-state index contributed by atoms with van der Waals surface area (Å²) in [5.41, 5.74) is 8.08. The van der Waals surface area contributed by atoms with Crippen LogP contribution in [0.2, 0.25) is 0 Å². The van der Waals surface area contributed by atoms with Crippen molar-refractivity contribution in [2.24, 2.45) is 11.3 Å². The largest absolute Gasteiger partial charge is 0.488 e. The lowest BCUT2D eigenvalue weighted by Gasteiger charge is -2.29. The van der Waals surface area contributed by atoms with Crippen LogP contribution in [0.4, 0.5) is 5.13 Å². The quantitative estimate of drug-likeness (QED) is 0.493. The number of hydrogen-bond donors (Lipinski definition) is 2. The molecule has 0 amide bonds. The molecular weight excluding hydrogens is 470 g/mol. The summed E-state index contributed by atoms with van der Waals surface area (Å²) in [4.78, 5) is 18.9. The number of piperidine rings is 1. The molecule has 2 aromatic carbocycles. The van der Waals surface area contributed by atoms with Crippen molar-refractivity contribution in [3.63, 3.8) is 0 Å². The number of rotatable bonds is 6. The zero-order valence-corrected chi connectivity index (χ0v) is 21.8. The number of thiazole rings is 1. The molecule has 1 aliphatic carbocycles. The minimum atomic E-state index is -0.630. The van der Waals surface area contributed by atoms with Crippen LogP contribution in [0, 0.1) is 25.2 Å². The molecule has 1 saturated carbocycles. The third-order valence-electron chi connectivity index (χ3n) is 8.48. The van der Waals surface area contributed by atoms with Crippen LogP contribution in [0.3, 0.4) is 0 Å². The summed E-state index contributed by atoms with van der Waals surface area (Å²) >= 11 is 1.63. The van der Waals surface area contributed by atoms with E-state index in [2.05, 4.69) is 59.8 Å². The number of nitrogens with one attached hydrogen (secondary N) is 1. The first-order valence-electron chi connectivity index (χ1n) is 12.9. The molecule has 2 aliphatic heterocycles. The number of carboxylic acids is 1. The van der Waals surface area contributed by atoms with E-state index in [1.165, 1.54) is 22.3 Å². The second-order valence-corrected chi connectivity index (χ2v) is 11.4. The number of aromatic nitrogens is 1. The lowest BCUT2D eigenvalue weighted by atomic mass is 9.94. The van der Waals surface area contributed by atoms with Gasteiger partial charge >= 0.3 is 5.97 Å². The third-order valence-corrected chi connectivity index (χ3v) is 9.38. The second-order valence-electron chi connectivity index (χ2n) is 10.6. The topological polar surface area (TPSA) is 74.7 Å². The Morgan fingerprint density at radius 2 is 2.11 bits per heavy atom. The van der Waals surface area contributed by atoms with Gasteiger partial charge in [-0.2, -0.15) is 0 Å². The standard InChI is InChI=1S/C29H33N3O3S/c1-18-4-3-5-24(25-17-36-28(31-25)32-13-10-29(27(33)34)14-22(29)15-32)26(18)35-16-21-7-6-20-8-11-30-12-9-23(20)19(21)2/h3-7,17,22,30H,8-16H2,1-2H3,(H,33,34)/t22-,29+/m0/s1. The maximum Gasteiger partial charge on any atom is 0.310 e. The van der Waals surface area contributed by atoms with Gasteiger partial charge in [-0.25, -0.2) is 4.98 Å². The highest BCUT2D eigenvalue weighted by molar-refractivity contribution is 7.14. The molecule has 0 radical (unpaired) electrons. The summed E-state index contributed by atoms with van der Waals surface area (Å²) in [7, 11) is 0. The number of nitrogens with zero attached hydrogens (tertiary/aromatic N) is 2. The van der Waals surface area contributed by atoms with Crippen LogP contribution >= 0.6 is 11.3 Å². The van der Waals surface area contributed by atoms with Gasteiger partial charge in [0.25, 0.3) is 0 Å². The number of para-hydroxylation sites is 1. The Morgan fingerprint density at radius 1 is 1.25 bits per heavy atom. The number of carbonyl (C=O) groups is 1. The van der Waals surface area contributed by atoms with Gasteiger partial charge in [0.1, 0.15) is 12.4 Å². The first-order valence-corrected chi connectivity index (χ1v) is 13.8. The molecule has 2 atom stereocenters. The van der Waals surface area contributed by atoms with Crippen LogP contribution in [0.25, 0.3) is 11.3 Å². The number of aryl methyl sites for hydroxylation is 1. The molecule has 3 aliphatic rings. The zero-order chi connectivity index (χ0) is 24.9. The van der Waals surface area contributed by atoms with Crippen molar-refractivity contribution in [1.82, 2.24) is 10.3 Å². The Kier molecular flexibility index (Phi) is 6.00. The molecule has 188 valence electrons. The number of anilines is 1. The van der Waals surface area contributed by atoms with Gasteiger partial charge in [0, 0.05) is 24.0 Å². The van der Waals surface area contributed by atoms with Crippen LogP contribution in [0.5, 0.6) is 5.75 Å². The Bertz CT molecular complexity index is 1320. The molecule has 7 heteroatoms. The Balaban J connectivity index is 1.21. The third kappa shape index (κ3) is 4.08. The summed E-state index contributed by atoms with van der Waals surface area (Å²) in [5, 5.41) is 16.2. The van der Waals surface area contributed by atoms with Crippen LogP contribution in [-0.4, -0.2) is 42.2 Å². The predicted molar refractivity (Wildman–Crippen MR) is 143 cm³/mol. The molecule has 1 saturated heterocycles. The monoisotopic (exact) mass is 503 g/mol. The van der Waals surface area contributed by atoms with E-state index in [0.717, 1.165) is 73.1 Å². The van der Waals surface area contributed by atoms with Gasteiger partial charge in [-0.15, -0.1) is 11.3 Å². The van der Waals surface area contributed by atoms with Crippen molar-refractivity contribution in [3.8, 4) is 17.0 Å². The van der Waals surface area contributed by atoms with Gasteiger partial charge in [-0.3, -0.25) is 4.79 Å². The Morgan fingerprint density at radius 3 is 2.94 bits per heavy atom. The van der Waals surface area contributed by atoms with Gasteiger partial charge in [0.2, 0.25) is 0 Å². The first-order chi connectivity index (χ1) is 17.5. The number of hydrogen-bond acceptors (Lipinski definition) is 6. The first kappa shape index (κ1) is 23.5. The molecule has 0 bridgehead atoms. The van der Waals surface area contributed by atoms with Crippen LogP contribution in [0.1, 0.15) is 40.7 Å². The van der Waals surface area contributed by atoms with Crippen molar-refractivity contribution in [2.45, 2.75) is 46.1 Å². The molecule has 6 nitrogen and oxygen atoms in total. The average Bonchev–Trinajstić information content (AvgIpc) is 3.51. The number of carboxylic acid groups (broad SMARTS) is 1. The molecule has 0 spiro atoms. The fourth-order valence-corrected chi connectivity index (χ4v) is 6.91. The van der Waals surface area contributed by atoms with Crippen LogP contribution in [0.15, 0.2) is 35.7 Å². The molecule has 3 heterocycles. The number of benzene rings is 2. The summed E-state index contributed by atoms with van der Waals surface area (Å²) in [5.74, 6) is 0.500. The second kappa shape index (κ2) is 9.20. The zero-order valence-electron chi connectivity index (χ0n) is 21.0. The maximum atomic E-state index is 11.6. The van der Waals surface area contributed by atoms with Crippen molar-refractivity contribution < 1.29 is 14.6 Å². The molecule has 0 unspecified atom stereocenters. The van der Waals surface area contributed by atoms with Gasteiger partial charge in [-0.05, 0) is 92.4 Å². The lowest BCUT2D eigenvalue weighted by Crippen LogP contribution is -2.37. The molecular formula is C29H33N3O3S. The Hall–Kier alpha value is -2.90. The number of fused-ring (bicyclic) bond motifs is 2. The summed E-state index contributed by atoms with van der Waals surface area (Å²) < 4.78 is 6.50. The molecule has 3 aromatic rings. The van der Waals surface area contributed by atoms with Crippen molar-refractivity contribution in [2.75, 3.05) is 31.1 Å². The molecule has 36 heavy (non-hydrogen) atoms. The highest BCUT2D eigenvalue weighted by Gasteiger charge is 2.62. The van der Waals surface area contributed by atoms with Gasteiger partial charge in [-0.1, -0.05) is 24.3 Å². The lowest BCUT2D eigenvalue weighted by molar-refractivity contribution is -0.144. The summed E-state index contributed by atoms with van der Waals surface area (Å²) in [6.45, 7) is 8.46. The van der Waals surface area contributed by atoms with E-state index < -0.39 is 11.4 Å². The molecule has 2 fully saturated rings. The normalized spacial score (nSPS) is 22.9. The van der Waals surface area contributed by atoms with Crippen molar-refractivity contribution >= 4 is 22.4 Å². The van der Waals surface area contributed by atoms with E-state index in [9.17, 15) is 9.90 Å². The highest BCUT2D eigenvalue weighted by Crippen LogP contribution is 2.58. The fraction of sp³-hybridized carbons (Fsp3) is 0.448. The van der Waals surface area contributed by atoms with Crippen molar-refractivity contribution in [3.05, 3.63) is 63.5 Å². The van der Waals surface area contributed by atoms with E-state index in [0.29, 0.717) is 13.0 Å². The predicted octanol–water partition coefficient (Wildman–Crippen LogP) is 5.00.